The molecule has 0 spiro atoms. The standard InChI is InChI=1S/C19H22FNO5S2/c1-26-16-6-2-14(3-7-16)10-11-21-18-12-27(22,23)13-19(18)28(24,25)17-8-4-15(20)5-9-17/h2-9,18-19,21H,10-13H2,1H3/t18-,19-/m1/s1. The summed E-state index contributed by atoms with van der Waals surface area (Å²) in [7, 11) is -5.80. The van der Waals surface area contributed by atoms with Crippen molar-refractivity contribution in [3.05, 3.63) is 59.9 Å². The van der Waals surface area contributed by atoms with Gasteiger partial charge in [0.05, 0.1) is 28.8 Å². The third-order valence-corrected chi connectivity index (χ3v) is 8.99. The number of sulfone groups is 2. The molecule has 2 aromatic carbocycles. The van der Waals surface area contributed by atoms with Crippen LogP contribution in [0.3, 0.4) is 0 Å². The van der Waals surface area contributed by atoms with Gasteiger partial charge in [0.2, 0.25) is 0 Å². The van der Waals surface area contributed by atoms with Crippen molar-refractivity contribution in [3.8, 4) is 5.75 Å². The summed E-state index contributed by atoms with van der Waals surface area (Å²) in [6.07, 6.45) is 0.615. The van der Waals surface area contributed by atoms with Gasteiger partial charge in [-0.15, -0.1) is 0 Å². The van der Waals surface area contributed by atoms with Gasteiger partial charge in [0.25, 0.3) is 0 Å². The lowest BCUT2D eigenvalue weighted by Crippen LogP contribution is -2.44. The third kappa shape index (κ3) is 4.71. The van der Waals surface area contributed by atoms with Gasteiger partial charge in [0, 0.05) is 6.04 Å². The average Bonchev–Trinajstić information content (AvgIpc) is 2.98. The Balaban J connectivity index is 1.72. The number of hydrogen-bond acceptors (Lipinski definition) is 6. The second-order valence-corrected chi connectivity index (χ2v) is 11.1. The molecule has 1 aliphatic heterocycles. The van der Waals surface area contributed by atoms with Crippen molar-refractivity contribution < 1.29 is 26.0 Å². The van der Waals surface area contributed by atoms with Crippen LogP contribution >= 0.6 is 0 Å². The largest absolute Gasteiger partial charge is 0.497 e. The Hall–Kier alpha value is -1.97. The van der Waals surface area contributed by atoms with Crippen molar-refractivity contribution in [3.63, 3.8) is 0 Å². The highest BCUT2D eigenvalue weighted by atomic mass is 32.2. The van der Waals surface area contributed by atoms with Gasteiger partial charge in [0.1, 0.15) is 11.6 Å². The zero-order valence-electron chi connectivity index (χ0n) is 15.3. The molecule has 6 nitrogen and oxygen atoms in total. The lowest BCUT2D eigenvalue weighted by atomic mass is 10.1. The fraction of sp³-hybridized carbons (Fsp3) is 0.368. The summed E-state index contributed by atoms with van der Waals surface area (Å²) in [6, 6.07) is 11.2. The maximum Gasteiger partial charge on any atom is 0.183 e. The quantitative estimate of drug-likeness (QED) is 0.676. The molecule has 2 aromatic rings. The fourth-order valence-electron chi connectivity index (χ4n) is 3.30. The molecule has 9 heteroatoms. The van der Waals surface area contributed by atoms with E-state index in [1.807, 2.05) is 24.3 Å². The SMILES string of the molecule is COc1ccc(CCN[C@@H]2CS(=O)(=O)C[C@H]2S(=O)(=O)c2ccc(F)cc2)cc1. The highest BCUT2D eigenvalue weighted by Gasteiger charge is 2.45. The molecule has 0 radical (unpaired) electrons. The van der Waals surface area contributed by atoms with E-state index in [0.29, 0.717) is 13.0 Å². The van der Waals surface area contributed by atoms with E-state index in [9.17, 15) is 21.2 Å². The van der Waals surface area contributed by atoms with Gasteiger partial charge in [-0.2, -0.15) is 0 Å². The van der Waals surface area contributed by atoms with Crippen LogP contribution in [0.4, 0.5) is 4.39 Å². The number of rotatable bonds is 7. The second-order valence-electron chi connectivity index (χ2n) is 6.77. The van der Waals surface area contributed by atoms with Gasteiger partial charge in [-0.1, -0.05) is 12.1 Å². The van der Waals surface area contributed by atoms with E-state index in [1.54, 1.807) is 7.11 Å². The zero-order valence-corrected chi connectivity index (χ0v) is 17.0. The van der Waals surface area contributed by atoms with Crippen LogP contribution < -0.4 is 10.1 Å². The summed E-state index contributed by atoms with van der Waals surface area (Å²) < 4.78 is 68.3. The molecule has 0 amide bonds. The van der Waals surface area contributed by atoms with Crippen LogP contribution in [0.2, 0.25) is 0 Å². The van der Waals surface area contributed by atoms with Crippen LogP contribution in [0, 0.1) is 5.82 Å². The van der Waals surface area contributed by atoms with Crippen LogP contribution in [0.5, 0.6) is 5.75 Å². The Bertz CT molecular complexity index is 1020. The van der Waals surface area contributed by atoms with Crippen molar-refractivity contribution in [2.45, 2.75) is 22.6 Å². The van der Waals surface area contributed by atoms with Crippen LogP contribution in [0.25, 0.3) is 0 Å². The predicted molar refractivity (Wildman–Crippen MR) is 105 cm³/mol. The minimum Gasteiger partial charge on any atom is -0.497 e. The summed E-state index contributed by atoms with van der Waals surface area (Å²) >= 11 is 0. The summed E-state index contributed by atoms with van der Waals surface area (Å²) in [5.41, 5.74) is 1.02. The maximum absolute atomic E-state index is 13.1. The molecule has 28 heavy (non-hydrogen) atoms. The summed E-state index contributed by atoms with van der Waals surface area (Å²) in [5.74, 6) is -0.482. The van der Waals surface area contributed by atoms with Crippen molar-refractivity contribution in [2.24, 2.45) is 0 Å². The normalized spacial score (nSPS) is 21.5. The average molecular weight is 428 g/mol. The van der Waals surface area contributed by atoms with Crippen LogP contribution in [-0.4, -0.2) is 53.3 Å². The number of ether oxygens (including phenoxy) is 1. The Morgan fingerprint density at radius 3 is 2.32 bits per heavy atom. The third-order valence-electron chi connectivity index (χ3n) is 4.82. The van der Waals surface area contributed by atoms with E-state index in [0.717, 1.165) is 23.4 Å². The molecule has 3 rings (SSSR count). The Labute approximate surface area is 164 Å². The van der Waals surface area contributed by atoms with Crippen molar-refractivity contribution in [1.82, 2.24) is 5.32 Å². The fourth-order valence-corrected chi connectivity index (χ4v) is 8.02. The molecule has 1 fully saturated rings. The monoisotopic (exact) mass is 427 g/mol. The van der Waals surface area contributed by atoms with E-state index >= 15 is 0 Å². The van der Waals surface area contributed by atoms with Crippen molar-refractivity contribution in [2.75, 3.05) is 25.2 Å². The smallest absolute Gasteiger partial charge is 0.183 e. The molecule has 2 atom stereocenters. The van der Waals surface area contributed by atoms with Gasteiger partial charge in [-0.25, -0.2) is 21.2 Å². The van der Waals surface area contributed by atoms with Gasteiger partial charge < -0.3 is 10.1 Å². The van der Waals surface area contributed by atoms with Crippen molar-refractivity contribution in [1.29, 1.82) is 0 Å². The topological polar surface area (TPSA) is 89.5 Å². The maximum atomic E-state index is 13.1. The molecule has 0 unspecified atom stereocenters. The molecular weight excluding hydrogens is 405 g/mol. The highest BCUT2D eigenvalue weighted by molar-refractivity contribution is 7.96. The lowest BCUT2D eigenvalue weighted by molar-refractivity contribution is 0.414. The zero-order chi connectivity index (χ0) is 20.4. The molecule has 0 saturated carbocycles. The van der Waals surface area contributed by atoms with Crippen molar-refractivity contribution >= 4 is 19.7 Å². The van der Waals surface area contributed by atoms with E-state index in [4.69, 9.17) is 4.74 Å². The molecule has 0 bridgehead atoms. The summed E-state index contributed by atoms with van der Waals surface area (Å²) in [4.78, 5) is -0.0713. The van der Waals surface area contributed by atoms with Gasteiger partial charge in [-0.3, -0.25) is 0 Å². The van der Waals surface area contributed by atoms with Gasteiger partial charge >= 0.3 is 0 Å². The van der Waals surface area contributed by atoms with Crippen LogP contribution in [0.15, 0.2) is 53.4 Å². The first-order chi connectivity index (χ1) is 13.2. The Morgan fingerprint density at radius 2 is 1.71 bits per heavy atom. The van der Waals surface area contributed by atoms with E-state index in [-0.39, 0.29) is 10.6 Å². The number of methoxy groups -OCH3 is 1. The van der Waals surface area contributed by atoms with Crippen LogP contribution in [0.1, 0.15) is 5.56 Å². The number of benzene rings is 2. The minimum atomic E-state index is -3.90. The number of nitrogens with one attached hydrogen (secondary N) is 1. The molecule has 0 aromatic heterocycles. The molecule has 1 heterocycles. The van der Waals surface area contributed by atoms with Crippen LogP contribution in [-0.2, 0) is 26.1 Å². The number of halogens is 1. The minimum absolute atomic E-state index is 0.0713. The van der Waals surface area contributed by atoms with E-state index < -0.39 is 42.5 Å². The summed E-state index contributed by atoms with van der Waals surface area (Å²) in [6.45, 7) is 0.432. The first-order valence-corrected chi connectivity index (χ1v) is 12.1. The molecule has 1 aliphatic rings. The van der Waals surface area contributed by atoms with E-state index in [1.165, 1.54) is 12.1 Å². The predicted octanol–water partition coefficient (Wildman–Crippen LogP) is 1.61. The van der Waals surface area contributed by atoms with E-state index in [2.05, 4.69) is 5.32 Å². The Morgan fingerprint density at radius 1 is 1.07 bits per heavy atom. The molecule has 152 valence electrons. The summed E-state index contributed by atoms with van der Waals surface area (Å²) in [5, 5.41) is 1.99. The molecule has 0 aliphatic carbocycles. The molecular formula is C19H22FNO5S2. The highest BCUT2D eigenvalue weighted by Crippen LogP contribution is 2.26. The Kier molecular flexibility index (Phi) is 6.07. The first-order valence-electron chi connectivity index (χ1n) is 8.77. The second kappa shape index (κ2) is 8.18. The van der Waals surface area contributed by atoms with Gasteiger partial charge in [-0.05, 0) is 54.9 Å². The molecule has 1 N–H and O–H groups in total. The lowest BCUT2D eigenvalue weighted by Gasteiger charge is -2.20. The molecule has 1 saturated heterocycles. The van der Waals surface area contributed by atoms with Gasteiger partial charge in [0.15, 0.2) is 19.7 Å². The first kappa shape index (κ1) is 20.8. The number of hydrogen-bond donors (Lipinski definition) is 1.